The summed E-state index contributed by atoms with van der Waals surface area (Å²) in [6.07, 6.45) is 5.82. The lowest BCUT2D eigenvalue weighted by Gasteiger charge is -2.25. The molecule has 1 amide bonds. The fraction of sp³-hybridized carbons (Fsp3) is 0.444. The Balaban J connectivity index is 1.85. The molecule has 2 aromatic heterocycles. The van der Waals surface area contributed by atoms with Crippen LogP contribution in [0.15, 0.2) is 35.4 Å². The van der Waals surface area contributed by atoms with Gasteiger partial charge in [-0.2, -0.15) is 0 Å². The maximum atomic E-state index is 12.3. The number of methoxy groups -OCH3 is 1. The topological polar surface area (TPSA) is 89.3 Å². The van der Waals surface area contributed by atoms with Gasteiger partial charge >= 0.3 is 6.09 Å². The third-order valence-corrected chi connectivity index (χ3v) is 4.55. The number of anilines is 1. The number of pyridine rings is 1. The average molecular weight is 357 g/mol. The van der Waals surface area contributed by atoms with Crippen LogP contribution in [0, 0.1) is 0 Å². The van der Waals surface area contributed by atoms with Crippen LogP contribution >= 0.6 is 0 Å². The van der Waals surface area contributed by atoms with Crippen LogP contribution in [0.2, 0.25) is 0 Å². The first-order valence-electron chi connectivity index (χ1n) is 8.66. The second kappa shape index (κ2) is 7.99. The maximum absolute atomic E-state index is 12.3. The van der Waals surface area contributed by atoms with Crippen molar-refractivity contribution in [2.24, 2.45) is 7.05 Å². The molecule has 1 aliphatic rings. The van der Waals surface area contributed by atoms with E-state index < -0.39 is 0 Å². The number of rotatable bonds is 3. The highest BCUT2D eigenvalue weighted by Crippen LogP contribution is 2.18. The summed E-state index contributed by atoms with van der Waals surface area (Å²) in [4.78, 5) is 34.5. The molecule has 0 radical (unpaired) electrons. The molecular formula is C18H23N5O3. The second-order valence-corrected chi connectivity index (χ2v) is 6.35. The molecule has 1 saturated heterocycles. The lowest BCUT2D eigenvalue weighted by Crippen LogP contribution is -2.40. The molecule has 8 heteroatoms. The zero-order valence-corrected chi connectivity index (χ0v) is 15.0. The summed E-state index contributed by atoms with van der Waals surface area (Å²) in [5.74, 6) is 0.487. The van der Waals surface area contributed by atoms with Crippen molar-refractivity contribution in [1.82, 2.24) is 19.4 Å². The zero-order chi connectivity index (χ0) is 18.5. The summed E-state index contributed by atoms with van der Waals surface area (Å²) in [5.41, 5.74) is 1.28. The molecule has 0 aliphatic carbocycles. The van der Waals surface area contributed by atoms with Crippen molar-refractivity contribution in [1.29, 1.82) is 0 Å². The molecule has 8 nitrogen and oxygen atoms in total. The van der Waals surface area contributed by atoms with Crippen molar-refractivity contribution in [2.75, 3.05) is 25.5 Å². The van der Waals surface area contributed by atoms with E-state index in [4.69, 9.17) is 4.74 Å². The van der Waals surface area contributed by atoms with Gasteiger partial charge in [-0.05, 0) is 31.4 Å². The fourth-order valence-corrected chi connectivity index (χ4v) is 3.08. The van der Waals surface area contributed by atoms with Crippen molar-refractivity contribution in [3.8, 4) is 11.3 Å². The van der Waals surface area contributed by atoms with Gasteiger partial charge in [-0.1, -0.05) is 0 Å². The van der Waals surface area contributed by atoms with E-state index >= 15 is 0 Å². The Morgan fingerprint density at radius 3 is 2.81 bits per heavy atom. The molecule has 0 saturated carbocycles. The Morgan fingerprint density at radius 2 is 2.08 bits per heavy atom. The number of carbonyl (C=O) groups is 1. The minimum Gasteiger partial charge on any atom is -0.453 e. The van der Waals surface area contributed by atoms with Crippen molar-refractivity contribution in [3.63, 3.8) is 0 Å². The first-order valence-corrected chi connectivity index (χ1v) is 8.66. The standard InChI is InChI=1S/C18H23N5O3/c1-22-16(24)11-15(13-6-8-19-9-7-13)21-17(22)20-14-5-3-4-10-23(12-14)18(25)26-2/h6-9,11,14H,3-5,10,12H2,1-2H3,(H,20,21)/t14-/m0/s1. The molecule has 138 valence electrons. The summed E-state index contributed by atoms with van der Waals surface area (Å²) in [7, 11) is 3.07. The molecular weight excluding hydrogens is 334 g/mol. The van der Waals surface area contributed by atoms with Crippen molar-refractivity contribution < 1.29 is 9.53 Å². The Hall–Kier alpha value is -2.90. The van der Waals surface area contributed by atoms with Gasteiger partial charge in [0.05, 0.1) is 12.8 Å². The van der Waals surface area contributed by atoms with Gasteiger partial charge in [-0.15, -0.1) is 0 Å². The Labute approximate surface area is 151 Å². The number of ether oxygens (including phenoxy) is 1. The Kier molecular flexibility index (Phi) is 5.50. The molecule has 0 unspecified atom stereocenters. The summed E-state index contributed by atoms with van der Waals surface area (Å²) in [6, 6.07) is 5.14. The van der Waals surface area contributed by atoms with E-state index in [0.29, 0.717) is 24.7 Å². The number of hydrogen-bond donors (Lipinski definition) is 1. The van der Waals surface area contributed by atoms with Gasteiger partial charge in [-0.3, -0.25) is 14.3 Å². The number of hydrogen-bond acceptors (Lipinski definition) is 6. The minimum atomic E-state index is -0.328. The highest BCUT2D eigenvalue weighted by Gasteiger charge is 2.23. The van der Waals surface area contributed by atoms with Gasteiger partial charge in [0.2, 0.25) is 5.95 Å². The van der Waals surface area contributed by atoms with E-state index in [-0.39, 0.29) is 17.7 Å². The number of nitrogens with zero attached hydrogens (tertiary/aromatic N) is 4. The highest BCUT2D eigenvalue weighted by atomic mass is 16.5. The smallest absolute Gasteiger partial charge is 0.409 e. The van der Waals surface area contributed by atoms with Crippen LogP contribution in [0.5, 0.6) is 0 Å². The molecule has 26 heavy (non-hydrogen) atoms. The molecule has 1 atom stereocenters. The molecule has 1 N–H and O–H groups in total. The fourth-order valence-electron chi connectivity index (χ4n) is 3.08. The monoisotopic (exact) mass is 357 g/mol. The molecule has 3 heterocycles. The molecule has 0 aromatic carbocycles. The lowest BCUT2D eigenvalue weighted by molar-refractivity contribution is 0.124. The van der Waals surface area contributed by atoms with Crippen molar-refractivity contribution in [2.45, 2.75) is 25.3 Å². The normalized spacial score (nSPS) is 17.5. The van der Waals surface area contributed by atoms with Gasteiger partial charge in [0.15, 0.2) is 0 Å². The Bertz CT molecular complexity index is 821. The van der Waals surface area contributed by atoms with Gasteiger partial charge in [0.1, 0.15) is 0 Å². The largest absolute Gasteiger partial charge is 0.453 e. The number of carbonyl (C=O) groups excluding carboxylic acids is 1. The van der Waals surface area contributed by atoms with E-state index in [0.717, 1.165) is 24.8 Å². The van der Waals surface area contributed by atoms with Crippen LogP contribution in [0.25, 0.3) is 11.3 Å². The number of nitrogens with one attached hydrogen (secondary N) is 1. The van der Waals surface area contributed by atoms with Crippen LogP contribution in [0.3, 0.4) is 0 Å². The SMILES string of the molecule is COC(=O)N1CCCC[C@H](Nc2nc(-c3ccncc3)cc(=O)n2C)C1. The van der Waals surface area contributed by atoms with Crippen LogP contribution in [0.1, 0.15) is 19.3 Å². The lowest BCUT2D eigenvalue weighted by atomic mass is 10.1. The number of aromatic nitrogens is 3. The third kappa shape index (κ3) is 4.01. The minimum absolute atomic E-state index is 0.00221. The summed E-state index contributed by atoms with van der Waals surface area (Å²) in [5, 5.41) is 3.34. The predicted molar refractivity (Wildman–Crippen MR) is 97.9 cm³/mol. The molecule has 0 bridgehead atoms. The maximum Gasteiger partial charge on any atom is 0.409 e. The van der Waals surface area contributed by atoms with Gasteiger partial charge < -0.3 is 15.0 Å². The summed E-state index contributed by atoms with van der Waals surface area (Å²) >= 11 is 0. The van der Waals surface area contributed by atoms with E-state index in [1.165, 1.54) is 17.7 Å². The van der Waals surface area contributed by atoms with Gasteiger partial charge in [0.25, 0.3) is 5.56 Å². The average Bonchev–Trinajstić information content (AvgIpc) is 2.91. The molecule has 2 aromatic rings. The summed E-state index contributed by atoms with van der Waals surface area (Å²) < 4.78 is 6.33. The second-order valence-electron chi connectivity index (χ2n) is 6.35. The number of amides is 1. The molecule has 3 rings (SSSR count). The van der Waals surface area contributed by atoms with E-state index in [1.54, 1.807) is 24.3 Å². The highest BCUT2D eigenvalue weighted by molar-refractivity contribution is 5.67. The van der Waals surface area contributed by atoms with E-state index in [9.17, 15) is 9.59 Å². The van der Waals surface area contributed by atoms with E-state index in [1.807, 2.05) is 12.1 Å². The van der Waals surface area contributed by atoms with Crippen LogP contribution in [0.4, 0.5) is 10.7 Å². The van der Waals surface area contributed by atoms with Crippen molar-refractivity contribution >= 4 is 12.0 Å². The number of likely N-dealkylation sites (tertiary alicyclic amines) is 1. The molecule has 1 aliphatic heterocycles. The van der Waals surface area contributed by atoms with Gasteiger partial charge in [0, 0.05) is 50.2 Å². The third-order valence-electron chi connectivity index (χ3n) is 4.55. The first-order chi connectivity index (χ1) is 12.6. The van der Waals surface area contributed by atoms with Crippen LogP contribution in [-0.4, -0.2) is 51.8 Å². The Morgan fingerprint density at radius 1 is 1.31 bits per heavy atom. The summed E-state index contributed by atoms with van der Waals surface area (Å²) in [6.45, 7) is 1.19. The van der Waals surface area contributed by atoms with E-state index in [2.05, 4.69) is 15.3 Å². The zero-order valence-electron chi connectivity index (χ0n) is 15.0. The van der Waals surface area contributed by atoms with Gasteiger partial charge in [-0.25, -0.2) is 9.78 Å². The first kappa shape index (κ1) is 17.9. The van der Waals surface area contributed by atoms with Crippen LogP contribution < -0.4 is 10.9 Å². The quantitative estimate of drug-likeness (QED) is 0.902. The molecule has 0 spiro atoms. The molecule has 1 fully saturated rings. The predicted octanol–water partition coefficient (Wildman–Crippen LogP) is 1.88. The van der Waals surface area contributed by atoms with Crippen LogP contribution in [-0.2, 0) is 11.8 Å². The van der Waals surface area contributed by atoms with Crippen molar-refractivity contribution in [3.05, 3.63) is 40.9 Å².